The van der Waals surface area contributed by atoms with Crippen LogP contribution in [-0.4, -0.2) is 25.2 Å². The van der Waals surface area contributed by atoms with Crippen molar-refractivity contribution in [1.82, 2.24) is 5.32 Å². The Hall–Kier alpha value is -0.570. The molecule has 0 aromatic heterocycles. The van der Waals surface area contributed by atoms with E-state index in [0.717, 1.165) is 32.4 Å². The molecule has 3 nitrogen and oxygen atoms in total. The van der Waals surface area contributed by atoms with Crippen LogP contribution in [-0.2, 0) is 9.53 Å². The minimum atomic E-state index is -0.406. The lowest BCUT2D eigenvalue weighted by Crippen LogP contribution is -2.38. The number of esters is 1. The molecular weight excluding hydrogens is 226 g/mol. The maximum atomic E-state index is 12.1. The van der Waals surface area contributed by atoms with Crippen LogP contribution in [0.4, 0.5) is 0 Å². The SMILES string of the molecule is CCC(CC)[C@H](OC(=O)C(C)(C)C)[C@H]1CCNC1. The highest BCUT2D eigenvalue weighted by Gasteiger charge is 2.35. The number of carbonyl (C=O) groups excluding carboxylic acids is 1. The molecular formula is C15H29NO2. The van der Waals surface area contributed by atoms with Gasteiger partial charge in [0.05, 0.1) is 5.41 Å². The highest BCUT2D eigenvalue weighted by Crippen LogP contribution is 2.29. The van der Waals surface area contributed by atoms with Gasteiger partial charge in [0.15, 0.2) is 0 Å². The van der Waals surface area contributed by atoms with Crippen molar-refractivity contribution in [3.05, 3.63) is 0 Å². The lowest BCUT2D eigenvalue weighted by molar-refractivity contribution is -0.165. The summed E-state index contributed by atoms with van der Waals surface area (Å²) in [6.07, 6.45) is 3.37. The standard InChI is InChI=1S/C15H29NO2/c1-6-11(7-2)13(12-8-9-16-10-12)18-14(17)15(3,4)5/h11-13,16H,6-10H2,1-5H3/t12-,13-/m0/s1. The average Bonchev–Trinajstić information content (AvgIpc) is 2.81. The van der Waals surface area contributed by atoms with Crippen molar-refractivity contribution in [2.24, 2.45) is 17.3 Å². The molecule has 0 saturated carbocycles. The molecule has 2 atom stereocenters. The fraction of sp³-hybridized carbons (Fsp3) is 0.933. The quantitative estimate of drug-likeness (QED) is 0.768. The number of nitrogens with one attached hydrogen (secondary N) is 1. The second-order valence-electron chi connectivity index (χ2n) is 6.45. The predicted molar refractivity (Wildman–Crippen MR) is 74.4 cm³/mol. The summed E-state index contributed by atoms with van der Waals surface area (Å²) >= 11 is 0. The van der Waals surface area contributed by atoms with Crippen molar-refractivity contribution in [3.8, 4) is 0 Å². The van der Waals surface area contributed by atoms with Crippen LogP contribution < -0.4 is 5.32 Å². The van der Waals surface area contributed by atoms with Crippen LogP contribution in [0.3, 0.4) is 0 Å². The summed E-state index contributed by atoms with van der Waals surface area (Å²) < 4.78 is 5.86. The fourth-order valence-corrected chi connectivity index (χ4v) is 2.59. The Morgan fingerprint density at radius 3 is 2.33 bits per heavy atom. The predicted octanol–water partition coefficient (Wildman–Crippen LogP) is 2.99. The summed E-state index contributed by atoms with van der Waals surface area (Å²) in [6.45, 7) is 12.2. The average molecular weight is 255 g/mol. The van der Waals surface area contributed by atoms with Crippen molar-refractivity contribution in [2.45, 2.75) is 60.0 Å². The summed E-state index contributed by atoms with van der Waals surface area (Å²) in [7, 11) is 0. The van der Waals surface area contributed by atoms with Gasteiger partial charge in [-0.05, 0) is 52.5 Å². The van der Waals surface area contributed by atoms with Crippen LogP contribution >= 0.6 is 0 Å². The van der Waals surface area contributed by atoms with E-state index in [1.54, 1.807) is 0 Å². The van der Waals surface area contributed by atoms with Gasteiger partial charge < -0.3 is 10.1 Å². The smallest absolute Gasteiger partial charge is 0.311 e. The van der Waals surface area contributed by atoms with Crippen molar-refractivity contribution < 1.29 is 9.53 Å². The first-order chi connectivity index (χ1) is 8.40. The molecule has 0 radical (unpaired) electrons. The molecule has 1 saturated heterocycles. The molecule has 1 fully saturated rings. The van der Waals surface area contributed by atoms with Gasteiger partial charge in [-0.3, -0.25) is 4.79 Å². The number of carbonyl (C=O) groups is 1. The first kappa shape index (κ1) is 15.5. The first-order valence-electron chi connectivity index (χ1n) is 7.31. The van der Waals surface area contributed by atoms with E-state index in [2.05, 4.69) is 19.2 Å². The first-order valence-corrected chi connectivity index (χ1v) is 7.31. The summed E-state index contributed by atoms with van der Waals surface area (Å²) in [4.78, 5) is 12.1. The van der Waals surface area contributed by atoms with Gasteiger partial charge in [0.2, 0.25) is 0 Å². The molecule has 0 unspecified atom stereocenters. The molecule has 1 aliphatic heterocycles. The van der Waals surface area contributed by atoms with E-state index in [4.69, 9.17) is 4.74 Å². The zero-order valence-corrected chi connectivity index (χ0v) is 12.6. The normalized spacial score (nSPS) is 22.2. The minimum Gasteiger partial charge on any atom is -0.461 e. The van der Waals surface area contributed by atoms with Crippen molar-refractivity contribution in [3.63, 3.8) is 0 Å². The molecule has 0 bridgehead atoms. The van der Waals surface area contributed by atoms with Crippen molar-refractivity contribution >= 4 is 5.97 Å². The molecule has 0 aromatic carbocycles. The Bertz CT molecular complexity index is 258. The van der Waals surface area contributed by atoms with Crippen LogP contribution in [0, 0.1) is 17.3 Å². The Balaban J connectivity index is 2.73. The van der Waals surface area contributed by atoms with Gasteiger partial charge in [0.1, 0.15) is 6.10 Å². The number of ether oxygens (including phenoxy) is 1. The number of rotatable bonds is 5. The third kappa shape index (κ3) is 3.98. The maximum Gasteiger partial charge on any atom is 0.311 e. The Morgan fingerprint density at radius 1 is 1.33 bits per heavy atom. The van der Waals surface area contributed by atoms with E-state index >= 15 is 0 Å². The summed E-state index contributed by atoms with van der Waals surface area (Å²) in [5, 5.41) is 3.38. The highest BCUT2D eigenvalue weighted by atomic mass is 16.5. The van der Waals surface area contributed by atoms with Crippen molar-refractivity contribution in [2.75, 3.05) is 13.1 Å². The molecule has 18 heavy (non-hydrogen) atoms. The number of hydrogen-bond acceptors (Lipinski definition) is 3. The monoisotopic (exact) mass is 255 g/mol. The molecule has 0 spiro atoms. The van der Waals surface area contributed by atoms with Crippen LogP contribution in [0.15, 0.2) is 0 Å². The second-order valence-corrected chi connectivity index (χ2v) is 6.45. The van der Waals surface area contributed by atoms with E-state index < -0.39 is 5.41 Å². The van der Waals surface area contributed by atoms with Gasteiger partial charge in [0, 0.05) is 12.5 Å². The molecule has 3 heteroatoms. The topological polar surface area (TPSA) is 38.3 Å². The van der Waals surface area contributed by atoms with E-state index in [9.17, 15) is 4.79 Å². The fourth-order valence-electron chi connectivity index (χ4n) is 2.59. The maximum absolute atomic E-state index is 12.1. The Morgan fingerprint density at radius 2 is 1.94 bits per heavy atom. The van der Waals surface area contributed by atoms with Gasteiger partial charge >= 0.3 is 5.97 Å². The van der Waals surface area contributed by atoms with Gasteiger partial charge in [-0.25, -0.2) is 0 Å². The van der Waals surface area contributed by atoms with Crippen LogP contribution in [0.5, 0.6) is 0 Å². The zero-order chi connectivity index (χ0) is 13.8. The van der Waals surface area contributed by atoms with Gasteiger partial charge in [-0.15, -0.1) is 0 Å². The molecule has 1 rings (SSSR count). The van der Waals surface area contributed by atoms with E-state index in [-0.39, 0.29) is 12.1 Å². The molecule has 0 aliphatic carbocycles. The number of hydrogen-bond donors (Lipinski definition) is 1. The third-order valence-electron chi connectivity index (χ3n) is 3.93. The molecule has 106 valence electrons. The Kier molecular flexibility index (Phi) is 5.64. The molecule has 0 amide bonds. The lowest BCUT2D eigenvalue weighted by atomic mass is 9.86. The third-order valence-corrected chi connectivity index (χ3v) is 3.93. The Labute approximate surface area is 112 Å². The van der Waals surface area contributed by atoms with Crippen LogP contribution in [0.25, 0.3) is 0 Å². The zero-order valence-electron chi connectivity index (χ0n) is 12.6. The van der Waals surface area contributed by atoms with E-state index in [1.165, 1.54) is 0 Å². The van der Waals surface area contributed by atoms with Gasteiger partial charge in [0.25, 0.3) is 0 Å². The highest BCUT2D eigenvalue weighted by molar-refractivity contribution is 5.75. The summed E-state index contributed by atoms with van der Waals surface area (Å²) in [5.74, 6) is 0.911. The van der Waals surface area contributed by atoms with Crippen LogP contribution in [0.1, 0.15) is 53.9 Å². The minimum absolute atomic E-state index is 0.0636. The summed E-state index contributed by atoms with van der Waals surface area (Å²) in [5.41, 5.74) is -0.406. The second kappa shape index (κ2) is 6.55. The largest absolute Gasteiger partial charge is 0.461 e. The van der Waals surface area contributed by atoms with Crippen molar-refractivity contribution in [1.29, 1.82) is 0 Å². The molecule has 1 heterocycles. The van der Waals surface area contributed by atoms with Crippen LogP contribution in [0.2, 0.25) is 0 Å². The molecule has 0 aromatic rings. The van der Waals surface area contributed by atoms with Gasteiger partial charge in [-0.2, -0.15) is 0 Å². The lowest BCUT2D eigenvalue weighted by Gasteiger charge is -2.32. The van der Waals surface area contributed by atoms with E-state index in [0.29, 0.717) is 11.8 Å². The molecule has 1 aliphatic rings. The summed E-state index contributed by atoms with van der Waals surface area (Å²) in [6, 6.07) is 0. The molecule has 1 N–H and O–H groups in total. The van der Waals surface area contributed by atoms with Gasteiger partial charge in [-0.1, -0.05) is 13.8 Å². The van der Waals surface area contributed by atoms with E-state index in [1.807, 2.05) is 20.8 Å².